The molecule has 0 atom stereocenters. The minimum Gasteiger partial charge on any atom is -0.383 e. The number of methoxy groups -OCH3 is 1. The summed E-state index contributed by atoms with van der Waals surface area (Å²) in [6.45, 7) is -1.23. The molecule has 0 heterocycles. The van der Waals surface area contributed by atoms with Crippen LogP contribution in [0.25, 0.3) is 0 Å². The second-order valence-electron chi connectivity index (χ2n) is 3.17. The maximum Gasteiger partial charge on any atom is 0.411 e. The van der Waals surface area contributed by atoms with Gasteiger partial charge in [0.25, 0.3) is 0 Å². The molecule has 0 saturated heterocycles. The Morgan fingerprint density at radius 2 is 2.00 bits per heavy atom. The van der Waals surface area contributed by atoms with Gasteiger partial charge in [0.05, 0.1) is 6.61 Å². The van der Waals surface area contributed by atoms with Gasteiger partial charge >= 0.3 is 6.18 Å². The molecule has 0 N–H and O–H groups in total. The van der Waals surface area contributed by atoms with Gasteiger partial charge in [-0.05, 0) is 0 Å². The summed E-state index contributed by atoms with van der Waals surface area (Å²) < 4.78 is 44.3. The summed E-state index contributed by atoms with van der Waals surface area (Å²) in [7, 11) is 1.46. The minimum absolute atomic E-state index is 0.203. The number of carbonyl (C=O) groups is 1. The molecule has 0 rings (SSSR count). The van der Waals surface area contributed by atoms with E-state index in [1.54, 1.807) is 0 Å². The van der Waals surface area contributed by atoms with E-state index in [-0.39, 0.29) is 19.0 Å². The first-order valence-electron chi connectivity index (χ1n) is 4.88. The van der Waals surface area contributed by atoms with Crippen molar-refractivity contribution < 1.29 is 27.4 Å². The summed E-state index contributed by atoms with van der Waals surface area (Å²) in [5, 5.41) is 0. The van der Waals surface area contributed by atoms with Crippen molar-refractivity contribution in [2.45, 2.75) is 6.18 Å². The molecule has 0 aromatic heterocycles. The van der Waals surface area contributed by atoms with Crippen LogP contribution in [0.15, 0.2) is 0 Å². The normalized spacial score (nSPS) is 11.6. The number of alkyl halides is 4. The third-order valence-corrected chi connectivity index (χ3v) is 1.93. The van der Waals surface area contributed by atoms with Crippen LogP contribution in [-0.2, 0) is 14.3 Å². The van der Waals surface area contributed by atoms with Crippen molar-refractivity contribution in [2.75, 3.05) is 45.9 Å². The van der Waals surface area contributed by atoms with Gasteiger partial charge in [-0.2, -0.15) is 13.2 Å². The van der Waals surface area contributed by atoms with Crippen LogP contribution in [-0.4, -0.2) is 62.9 Å². The number of carbonyl (C=O) groups excluding carboxylic acids is 1. The zero-order chi connectivity index (χ0) is 13.3. The number of rotatable bonds is 8. The number of ether oxygens (including phenoxy) is 2. The van der Waals surface area contributed by atoms with Crippen LogP contribution in [0.3, 0.4) is 0 Å². The standard InChI is InChI=1S/C9H15ClF3NO3/c1-16-5-4-14(3-2-10)8(15)6-17-7-9(11,12)13/h2-7H2,1H3. The molecule has 0 aromatic rings. The Kier molecular flexibility index (Phi) is 8.28. The molecule has 8 heteroatoms. The number of nitrogens with zero attached hydrogens (tertiary/aromatic N) is 1. The van der Waals surface area contributed by atoms with Crippen LogP contribution in [0.5, 0.6) is 0 Å². The summed E-state index contributed by atoms with van der Waals surface area (Å²) in [5.41, 5.74) is 0. The Morgan fingerprint density at radius 1 is 1.35 bits per heavy atom. The largest absolute Gasteiger partial charge is 0.411 e. The summed E-state index contributed by atoms with van der Waals surface area (Å²) in [6, 6.07) is 0. The highest BCUT2D eigenvalue weighted by atomic mass is 35.5. The van der Waals surface area contributed by atoms with Crippen LogP contribution in [0.4, 0.5) is 13.2 Å². The van der Waals surface area contributed by atoms with E-state index < -0.39 is 25.3 Å². The van der Waals surface area contributed by atoms with Gasteiger partial charge in [0, 0.05) is 26.1 Å². The van der Waals surface area contributed by atoms with Crippen LogP contribution >= 0.6 is 11.6 Å². The fourth-order valence-corrected chi connectivity index (χ4v) is 1.21. The molecular formula is C9H15ClF3NO3. The molecule has 0 aromatic carbocycles. The molecule has 0 fully saturated rings. The van der Waals surface area contributed by atoms with E-state index in [1.165, 1.54) is 12.0 Å². The molecule has 102 valence electrons. The fourth-order valence-electron chi connectivity index (χ4n) is 1.01. The van der Waals surface area contributed by atoms with Gasteiger partial charge < -0.3 is 14.4 Å². The van der Waals surface area contributed by atoms with E-state index in [4.69, 9.17) is 16.3 Å². The SMILES string of the molecule is COCCN(CCCl)C(=O)COCC(F)(F)F. The van der Waals surface area contributed by atoms with Crippen LogP contribution in [0, 0.1) is 0 Å². The first-order valence-corrected chi connectivity index (χ1v) is 5.41. The second kappa shape index (κ2) is 8.54. The molecule has 0 unspecified atom stereocenters. The zero-order valence-corrected chi connectivity index (χ0v) is 10.2. The van der Waals surface area contributed by atoms with Gasteiger partial charge in [-0.15, -0.1) is 11.6 Å². The minimum atomic E-state index is -4.43. The molecule has 0 aliphatic carbocycles. The van der Waals surface area contributed by atoms with E-state index in [9.17, 15) is 18.0 Å². The van der Waals surface area contributed by atoms with Gasteiger partial charge in [-0.1, -0.05) is 0 Å². The van der Waals surface area contributed by atoms with Gasteiger partial charge in [0.2, 0.25) is 5.91 Å². The smallest absolute Gasteiger partial charge is 0.383 e. The highest BCUT2D eigenvalue weighted by Crippen LogP contribution is 2.14. The van der Waals surface area contributed by atoms with Crippen LogP contribution in [0.1, 0.15) is 0 Å². The van der Waals surface area contributed by atoms with Crippen molar-refractivity contribution in [3.63, 3.8) is 0 Å². The first-order chi connectivity index (χ1) is 7.90. The lowest BCUT2D eigenvalue weighted by Gasteiger charge is -2.21. The molecule has 0 spiro atoms. The van der Waals surface area contributed by atoms with E-state index >= 15 is 0 Å². The van der Waals surface area contributed by atoms with Crippen molar-refractivity contribution in [1.82, 2.24) is 4.90 Å². The Bertz CT molecular complexity index is 226. The van der Waals surface area contributed by atoms with Gasteiger partial charge in [0.15, 0.2) is 0 Å². The molecule has 0 bridgehead atoms. The fraction of sp³-hybridized carbons (Fsp3) is 0.889. The van der Waals surface area contributed by atoms with Crippen molar-refractivity contribution >= 4 is 17.5 Å². The molecule has 0 aliphatic heterocycles. The lowest BCUT2D eigenvalue weighted by molar-refractivity contribution is -0.177. The average Bonchev–Trinajstić information content (AvgIpc) is 2.22. The third-order valence-electron chi connectivity index (χ3n) is 1.76. The lowest BCUT2D eigenvalue weighted by Crippen LogP contribution is -2.38. The number of hydrogen-bond donors (Lipinski definition) is 0. The van der Waals surface area contributed by atoms with Crippen molar-refractivity contribution in [3.8, 4) is 0 Å². The van der Waals surface area contributed by atoms with E-state index in [0.29, 0.717) is 6.61 Å². The number of amides is 1. The summed E-state index contributed by atoms with van der Waals surface area (Å²) >= 11 is 5.47. The van der Waals surface area contributed by atoms with Gasteiger partial charge in [0.1, 0.15) is 13.2 Å². The van der Waals surface area contributed by atoms with Crippen molar-refractivity contribution in [3.05, 3.63) is 0 Å². The maximum absolute atomic E-state index is 11.8. The number of hydrogen-bond acceptors (Lipinski definition) is 3. The van der Waals surface area contributed by atoms with Crippen LogP contribution < -0.4 is 0 Å². The van der Waals surface area contributed by atoms with Crippen molar-refractivity contribution in [2.24, 2.45) is 0 Å². The molecule has 4 nitrogen and oxygen atoms in total. The molecule has 0 aliphatic rings. The van der Waals surface area contributed by atoms with E-state index in [2.05, 4.69) is 4.74 Å². The van der Waals surface area contributed by atoms with Gasteiger partial charge in [-0.3, -0.25) is 4.79 Å². The quantitative estimate of drug-likeness (QED) is 0.628. The average molecular weight is 278 g/mol. The molecular weight excluding hydrogens is 263 g/mol. The highest BCUT2D eigenvalue weighted by molar-refractivity contribution is 6.18. The highest BCUT2D eigenvalue weighted by Gasteiger charge is 2.28. The maximum atomic E-state index is 11.8. The molecule has 1 amide bonds. The van der Waals surface area contributed by atoms with Crippen LogP contribution in [0.2, 0.25) is 0 Å². The Balaban J connectivity index is 3.96. The Hall–Kier alpha value is -0.530. The Labute approximate surface area is 103 Å². The Morgan fingerprint density at radius 3 is 2.47 bits per heavy atom. The summed E-state index contributed by atoms with van der Waals surface area (Å²) in [4.78, 5) is 12.7. The number of halogens is 4. The zero-order valence-electron chi connectivity index (χ0n) is 9.43. The topological polar surface area (TPSA) is 38.8 Å². The van der Waals surface area contributed by atoms with Gasteiger partial charge in [-0.25, -0.2) is 0 Å². The monoisotopic (exact) mass is 277 g/mol. The summed E-state index contributed by atoms with van der Waals surface area (Å²) in [6.07, 6.45) is -4.43. The summed E-state index contributed by atoms with van der Waals surface area (Å²) in [5.74, 6) is -0.332. The van der Waals surface area contributed by atoms with E-state index in [0.717, 1.165) is 0 Å². The molecule has 17 heavy (non-hydrogen) atoms. The van der Waals surface area contributed by atoms with Crippen molar-refractivity contribution in [1.29, 1.82) is 0 Å². The molecule has 0 radical (unpaired) electrons. The predicted octanol–water partition coefficient (Wildman–Crippen LogP) is 1.28. The third kappa shape index (κ3) is 9.20. The lowest BCUT2D eigenvalue weighted by atomic mass is 10.4. The second-order valence-corrected chi connectivity index (χ2v) is 3.55. The predicted molar refractivity (Wildman–Crippen MR) is 56.1 cm³/mol. The van der Waals surface area contributed by atoms with E-state index in [1.807, 2.05) is 0 Å². The first kappa shape index (κ1) is 16.5. The molecule has 0 saturated carbocycles.